The van der Waals surface area contributed by atoms with Gasteiger partial charge in [0.2, 0.25) is 5.91 Å². The first-order valence-corrected chi connectivity index (χ1v) is 8.57. The van der Waals surface area contributed by atoms with Crippen molar-refractivity contribution in [2.24, 2.45) is 0 Å². The van der Waals surface area contributed by atoms with E-state index in [-0.39, 0.29) is 18.5 Å². The number of aliphatic carboxylic acids is 1. The van der Waals surface area contributed by atoms with E-state index in [4.69, 9.17) is 5.11 Å². The van der Waals surface area contributed by atoms with E-state index in [2.05, 4.69) is 25.8 Å². The molecule has 1 aromatic rings. The molecule has 1 aliphatic rings. The predicted molar refractivity (Wildman–Crippen MR) is 89.9 cm³/mol. The van der Waals surface area contributed by atoms with Gasteiger partial charge in [-0.25, -0.2) is 0 Å². The Balaban J connectivity index is 1.94. The largest absolute Gasteiger partial charge is 0.480 e. The van der Waals surface area contributed by atoms with Crippen molar-refractivity contribution in [3.63, 3.8) is 0 Å². The van der Waals surface area contributed by atoms with Gasteiger partial charge in [0.15, 0.2) is 0 Å². The topological polar surface area (TPSA) is 73.7 Å². The molecular formula is C16H22BrN3O3. The summed E-state index contributed by atoms with van der Waals surface area (Å²) < 4.78 is 0.961. The summed E-state index contributed by atoms with van der Waals surface area (Å²) >= 11 is 3.38. The first-order chi connectivity index (χ1) is 11.0. The van der Waals surface area contributed by atoms with Crippen LogP contribution >= 0.6 is 15.9 Å². The summed E-state index contributed by atoms with van der Waals surface area (Å²) in [5, 5.41) is 8.99. The van der Waals surface area contributed by atoms with Crippen LogP contribution in [0.2, 0.25) is 0 Å². The number of carbonyl (C=O) groups is 2. The van der Waals surface area contributed by atoms with Crippen LogP contribution in [0.1, 0.15) is 31.9 Å². The number of hydrogen-bond acceptors (Lipinski definition) is 4. The number of likely N-dealkylation sites (tertiary alicyclic amines) is 1. The number of carboxylic acids is 1. The van der Waals surface area contributed by atoms with Crippen LogP contribution in [-0.2, 0) is 16.1 Å². The lowest BCUT2D eigenvalue weighted by Gasteiger charge is -2.28. The van der Waals surface area contributed by atoms with Crippen molar-refractivity contribution < 1.29 is 14.7 Å². The minimum atomic E-state index is -0.958. The van der Waals surface area contributed by atoms with Crippen molar-refractivity contribution in [2.75, 3.05) is 19.6 Å². The lowest BCUT2D eigenvalue weighted by atomic mass is 10.1. The Bertz CT molecular complexity index is 550. The van der Waals surface area contributed by atoms with Gasteiger partial charge in [-0.3, -0.25) is 19.5 Å². The second kappa shape index (κ2) is 8.40. The summed E-state index contributed by atoms with van der Waals surface area (Å²) in [6.45, 7) is 3.78. The molecule has 1 N–H and O–H groups in total. The third kappa shape index (κ3) is 5.58. The summed E-state index contributed by atoms with van der Waals surface area (Å²) in [4.78, 5) is 30.9. The molecule has 2 heterocycles. The van der Waals surface area contributed by atoms with E-state index in [9.17, 15) is 9.59 Å². The molecule has 1 unspecified atom stereocenters. The summed E-state index contributed by atoms with van der Waals surface area (Å²) in [5.41, 5.74) is 1.01. The van der Waals surface area contributed by atoms with Gasteiger partial charge in [0.05, 0.1) is 5.69 Å². The van der Waals surface area contributed by atoms with Crippen LogP contribution in [-0.4, -0.2) is 57.4 Å². The maximum absolute atomic E-state index is 11.7. The second-order valence-corrected chi connectivity index (χ2v) is 6.78. The SMILES string of the molecule is CC(=O)N(CC(=O)O)C1CCCN(Cc2ccc(Br)cn2)CC1. The molecule has 6 nitrogen and oxygen atoms in total. The molecule has 126 valence electrons. The molecule has 1 fully saturated rings. The van der Waals surface area contributed by atoms with Crippen LogP contribution in [0.15, 0.2) is 22.8 Å². The highest BCUT2D eigenvalue weighted by Gasteiger charge is 2.26. The number of carboxylic acid groups (broad SMARTS) is 1. The van der Waals surface area contributed by atoms with Crippen LogP contribution in [0.3, 0.4) is 0 Å². The van der Waals surface area contributed by atoms with E-state index < -0.39 is 5.97 Å². The van der Waals surface area contributed by atoms with Crippen molar-refractivity contribution in [3.8, 4) is 0 Å². The van der Waals surface area contributed by atoms with E-state index in [1.807, 2.05) is 12.1 Å². The molecule has 7 heteroatoms. The fraction of sp³-hybridized carbons (Fsp3) is 0.562. The van der Waals surface area contributed by atoms with Gasteiger partial charge in [0, 0.05) is 36.7 Å². The number of aromatic nitrogens is 1. The van der Waals surface area contributed by atoms with Crippen molar-refractivity contribution in [3.05, 3.63) is 28.5 Å². The summed E-state index contributed by atoms with van der Waals surface area (Å²) in [5.74, 6) is -1.12. The molecular weight excluding hydrogens is 362 g/mol. The normalized spacial score (nSPS) is 19.1. The Morgan fingerprint density at radius 2 is 2.17 bits per heavy atom. The molecule has 1 atom stereocenters. The van der Waals surface area contributed by atoms with Gasteiger partial charge >= 0.3 is 5.97 Å². The van der Waals surface area contributed by atoms with Crippen LogP contribution in [0.25, 0.3) is 0 Å². The minimum absolute atomic E-state index is 0.00600. The Hall–Kier alpha value is -1.47. The van der Waals surface area contributed by atoms with Crippen molar-refractivity contribution in [1.29, 1.82) is 0 Å². The fourth-order valence-corrected chi connectivity index (χ4v) is 3.21. The Kier molecular flexibility index (Phi) is 6.53. The number of pyridine rings is 1. The molecule has 0 saturated carbocycles. The Morgan fingerprint density at radius 1 is 1.39 bits per heavy atom. The molecule has 1 aromatic heterocycles. The number of carbonyl (C=O) groups excluding carboxylic acids is 1. The molecule has 1 saturated heterocycles. The van der Waals surface area contributed by atoms with Crippen LogP contribution in [0, 0.1) is 0 Å². The molecule has 0 bridgehead atoms. The second-order valence-electron chi connectivity index (χ2n) is 5.87. The highest BCUT2D eigenvalue weighted by atomic mass is 79.9. The third-order valence-corrected chi connectivity index (χ3v) is 4.58. The average Bonchev–Trinajstić information content (AvgIpc) is 2.72. The van der Waals surface area contributed by atoms with Crippen molar-refractivity contribution >= 4 is 27.8 Å². The zero-order chi connectivity index (χ0) is 16.8. The number of amides is 1. The molecule has 0 aromatic carbocycles. The molecule has 1 amide bonds. The minimum Gasteiger partial charge on any atom is -0.480 e. The molecule has 0 radical (unpaired) electrons. The highest BCUT2D eigenvalue weighted by molar-refractivity contribution is 9.10. The summed E-state index contributed by atoms with van der Waals surface area (Å²) in [6.07, 6.45) is 4.38. The molecule has 0 spiro atoms. The monoisotopic (exact) mass is 383 g/mol. The predicted octanol–water partition coefficient (Wildman–Crippen LogP) is 2.13. The van der Waals surface area contributed by atoms with Gasteiger partial charge in [-0.1, -0.05) is 0 Å². The van der Waals surface area contributed by atoms with Crippen molar-refractivity contribution in [1.82, 2.24) is 14.8 Å². The quantitative estimate of drug-likeness (QED) is 0.842. The molecule has 23 heavy (non-hydrogen) atoms. The summed E-state index contributed by atoms with van der Waals surface area (Å²) in [6, 6.07) is 3.98. The zero-order valence-corrected chi connectivity index (χ0v) is 14.8. The van der Waals surface area contributed by atoms with E-state index in [1.165, 1.54) is 11.8 Å². The van der Waals surface area contributed by atoms with Crippen LogP contribution < -0.4 is 0 Å². The van der Waals surface area contributed by atoms with Gasteiger partial charge in [0.25, 0.3) is 0 Å². The van der Waals surface area contributed by atoms with Crippen molar-refractivity contribution in [2.45, 2.75) is 38.8 Å². The van der Waals surface area contributed by atoms with Gasteiger partial charge in [-0.15, -0.1) is 0 Å². The maximum atomic E-state index is 11.7. The first kappa shape index (κ1) is 17.9. The molecule has 1 aliphatic heterocycles. The first-order valence-electron chi connectivity index (χ1n) is 7.77. The number of halogens is 1. The lowest BCUT2D eigenvalue weighted by molar-refractivity contribution is -0.145. The van der Waals surface area contributed by atoms with Gasteiger partial charge < -0.3 is 10.0 Å². The number of rotatable bonds is 5. The van der Waals surface area contributed by atoms with Crippen LogP contribution in [0.5, 0.6) is 0 Å². The fourth-order valence-electron chi connectivity index (χ4n) is 2.98. The number of hydrogen-bond donors (Lipinski definition) is 1. The third-order valence-electron chi connectivity index (χ3n) is 4.12. The molecule has 2 rings (SSSR count). The zero-order valence-electron chi connectivity index (χ0n) is 13.2. The molecule has 0 aliphatic carbocycles. The Labute approximate surface area is 144 Å². The average molecular weight is 384 g/mol. The summed E-state index contributed by atoms with van der Waals surface area (Å²) in [7, 11) is 0. The number of nitrogens with zero attached hydrogens (tertiary/aromatic N) is 3. The van der Waals surface area contributed by atoms with Crippen LogP contribution in [0.4, 0.5) is 0 Å². The van der Waals surface area contributed by atoms with E-state index in [0.29, 0.717) is 0 Å². The Morgan fingerprint density at radius 3 is 2.78 bits per heavy atom. The maximum Gasteiger partial charge on any atom is 0.323 e. The van der Waals surface area contributed by atoms with E-state index in [0.717, 1.165) is 49.1 Å². The smallest absolute Gasteiger partial charge is 0.323 e. The van der Waals surface area contributed by atoms with Gasteiger partial charge in [-0.2, -0.15) is 0 Å². The van der Waals surface area contributed by atoms with E-state index in [1.54, 1.807) is 6.20 Å². The van der Waals surface area contributed by atoms with Gasteiger partial charge in [-0.05, 0) is 53.9 Å². The van der Waals surface area contributed by atoms with E-state index >= 15 is 0 Å². The lowest BCUT2D eigenvalue weighted by Crippen LogP contribution is -2.42. The van der Waals surface area contributed by atoms with Gasteiger partial charge in [0.1, 0.15) is 6.54 Å². The standard InChI is InChI=1S/C16H22BrN3O3/c1-12(21)20(11-16(22)23)15-3-2-7-19(8-6-15)10-14-5-4-13(17)9-18-14/h4-5,9,15H,2-3,6-8,10-11H2,1H3,(H,22,23). The highest BCUT2D eigenvalue weighted by Crippen LogP contribution is 2.19.